The molecule has 1 unspecified atom stereocenters. The molecular formula is C7H14N2OS. The number of likely N-dealkylation sites (N-methyl/N-ethyl adjacent to an activating group) is 2. The fraction of sp³-hybridized carbons (Fsp3) is 0.857. The molecule has 0 bridgehead atoms. The maximum atomic E-state index is 11.4. The first-order valence-electron chi connectivity index (χ1n) is 3.75. The van der Waals surface area contributed by atoms with Crippen LogP contribution in [0.25, 0.3) is 0 Å². The van der Waals surface area contributed by atoms with Crippen molar-refractivity contribution < 1.29 is 4.79 Å². The molecule has 0 aromatic rings. The molecule has 0 aliphatic carbocycles. The van der Waals surface area contributed by atoms with E-state index in [1.165, 1.54) is 0 Å². The van der Waals surface area contributed by atoms with E-state index in [1.807, 2.05) is 25.9 Å². The van der Waals surface area contributed by atoms with Crippen molar-refractivity contribution in [1.29, 1.82) is 0 Å². The molecule has 11 heavy (non-hydrogen) atoms. The van der Waals surface area contributed by atoms with Crippen molar-refractivity contribution in [3.8, 4) is 0 Å². The van der Waals surface area contributed by atoms with Gasteiger partial charge in [-0.3, -0.25) is 4.79 Å². The lowest BCUT2D eigenvalue weighted by atomic mass is 10.3. The van der Waals surface area contributed by atoms with Crippen LogP contribution in [0.2, 0.25) is 0 Å². The van der Waals surface area contributed by atoms with Crippen LogP contribution in [0.5, 0.6) is 0 Å². The van der Waals surface area contributed by atoms with Crippen molar-refractivity contribution in [1.82, 2.24) is 10.2 Å². The van der Waals surface area contributed by atoms with E-state index in [9.17, 15) is 4.79 Å². The predicted molar refractivity (Wildman–Crippen MR) is 47.8 cm³/mol. The lowest BCUT2D eigenvalue weighted by Gasteiger charge is -2.18. The van der Waals surface area contributed by atoms with Gasteiger partial charge in [-0.05, 0) is 7.05 Å². The van der Waals surface area contributed by atoms with E-state index in [0.29, 0.717) is 0 Å². The highest BCUT2D eigenvalue weighted by Crippen LogP contribution is 2.09. The number of carbonyl (C=O) groups excluding carboxylic acids is 1. The standard InChI is InChI=1S/C7H14N2OS/c1-8-6-5-11-4-3-9(2)7(6)10/h6,8H,3-5H2,1-2H3. The number of carbonyl (C=O) groups is 1. The molecular weight excluding hydrogens is 160 g/mol. The summed E-state index contributed by atoms with van der Waals surface area (Å²) in [6.07, 6.45) is 0. The first-order chi connectivity index (χ1) is 5.25. The number of nitrogens with zero attached hydrogens (tertiary/aromatic N) is 1. The second kappa shape index (κ2) is 3.97. The van der Waals surface area contributed by atoms with Crippen LogP contribution in [0.3, 0.4) is 0 Å². The summed E-state index contributed by atoms with van der Waals surface area (Å²) in [6.45, 7) is 0.877. The fourth-order valence-corrected chi connectivity index (χ4v) is 2.17. The molecule has 1 atom stereocenters. The molecule has 1 heterocycles. The van der Waals surface area contributed by atoms with Crippen LogP contribution >= 0.6 is 11.8 Å². The van der Waals surface area contributed by atoms with Crippen molar-refractivity contribution in [3.05, 3.63) is 0 Å². The van der Waals surface area contributed by atoms with Gasteiger partial charge in [-0.2, -0.15) is 11.8 Å². The van der Waals surface area contributed by atoms with Gasteiger partial charge in [0.1, 0.15) is 0 Å². The Morgan fingerprint density at radius 1 is 1.73 bits per heavy atom. The Kier molecular flexibility index (Phi) is 3.20. The molecule has 0 saturated carbocycles. The van der Waals surface area contributed by atoms with Gasteiger partial charge in [-0.15, -0.1) is 0 Å². The van der Waals surface area contributed by atoms with Crippen molar-refractivity contribution in [3.63, 3.8) is 0 Å². The van der Waals surface area contributed by atoms with Gasteiger partial charge in [-0.25, -0.2) is 0 Å². The van der Waals surface area contributed by atoms with Gasteiger partial charge in [-0.1, -0.05) is 0 Å². The maximum Gasteiger partial charge on any atom is 0.240 e. The summed E-state index contributed by atoms with van der Waals surface area (Å²) in [5.41, 5.74) is 0. The Balaban J connectivity index is 2.56. The third kappa shape index (κ3) is 2.10. The van der Waals surface area contributed by atoms with Crippen molar-refractivity contribution in [2.24, 2.45) is 0 Å². The third-order valence-corrected chi connectivity index (χ3v) is 2.92. The second-order valence-electron chi connectivity index (χ2n) is 2.68. The molecule has 1 rings (SSSR count). The lowest BCUT2D eigenvalue weighted by molar-refractivity contribution is -0.131. The molecule has 1 N–H and O–H groups in total. The minimum atomic E-state index is 0.0208. The highest BCUT2D eigenvalue weighted by Gasteiger charge is 2.22. The van der Waals surface area contributed by atoms with Crippen LogP contribution in [0.4, 0.5) is 0 Å². The van der Waals surface area contributed by atoms with Crippen LogP contribution in [0.15, 0.2) is 0 Å². The van der Waals surface area contributed by atoms with E-state index in [0.717, 1.165) is 18.1 Å². The Morgan fingerprint density at radius 2 is 2.45 bits per heavy atom. The molecule has 1 aliphatic rings. The van der Waals surface area contributed by atoms with Crippen LogP contribution in [0.1, 0.15) is 0 Å². The third-order valence-electron chi connectivity index (χ3n) is 1.88. The van der Waals surface area contributed by atoms with E-state index < -0.39 is 0 Å². The minimum Gasteiger partial charge on any atom is -0.344 e. The molecule has 0 aromatic heterocycles. The molecule has 1 saturated heterocycles. The van der Waals surface area contributed by atoms with E-state index in [1.54, 1.807) is 4.90 Å². The SMILES string of the molecule is CNC1CSCCN(C)C1=O. The van der Waals surface area contributed by atoms with Crippen LogP contribution in [-0.4, -0.2) is 49.0 Å². The Morgan fingerprint density at radius 3 is 3.09 bits per heavy atom. The zero-order chi connectivity index (χ0) is 8.27. The number of rotatable bonds is 1. The quantitative estimate of drug-likeness (QED) is 0.596. The maximum absolute atomic E-state index is 11.4. The van der Waals surface area contributed by atoms with Gasteiger partial charge in [0.15, 0.2) is 0 Å². The number of hydrogen-bond donors (Lipinski definition) is 1. The average molecular weight is 174 g/mol. The molecule has 1 amide bonds. The molecule has 0 radical (unpaired) electrons. The first-order valence-corrected chi connectivity index (χ1v) is 4.91. The highest BCUT2D eigenvalue weighted by molar-refractivity contribution is 7.99. The first kappa shape index (κ1) is 8.87. The molecule has 1 aliphatic heterocycles. The van der Waals surface area contributed by atoms with Crippen LogP contribution < -0.4 is 5.32 Å². The van der Waals surface area contributed by atoms with E-state index >= 15 is 0 Å². The summed E-state index contributed by atoms with van der Waals surface area (Å²) in [4.78, 5) is 13.2. The normalized spacial score (nSPS) is 26.9. The van der Waals surface area contributed by atoms with Crippen molar-refractivity contribution >= 4 is 17.7 Å². The number of amides is 1. The smallest absolute Gasteiger partial charge is 0.240 e. The monoisotopic (exact) mass is 174 g/mol. The molecule has 1 fully saturated rings. The number of thioether (sulfide) groups is 1. The van der Waals surface area contributed by atoms with E-state index in [4.69, 9.17) is 0 Å². The van der Waals surface area contributed by atoms with Gasteiger partial charge in [0.05, 0.1) is 6.04 Å². The minimum absolute atomic E-state index is 0.0208. The van der Waals surface area contributed by atoms with Gasteiger partial charge < -0.3 is 10.2 Å². The van der Waals surface area contributed by atoms with Crippen molar-refractivity contribution in [2.75, 3.05) is 32.1 Å². The highest BCUT2D eigenvalue weighted by atomic mass is 32.2. The number of nitrogens with one attached hydrogen (secondary N) is 1. The fourth-order valence-electron chi connectivity index (χ4n) is 1.06. The largest absolute Gasteiger partial charge is 0.344 e. The number of hydrogen-bond acceptors (Lipinski definition) is 3. The second-order valence-corrected chi connectivity index (χ2v) is 3.83. The molecule has 3 nitrogen and oxygen atoms in total. The topological polar surface area (TPSA) is 32.3 Å². The molecule has 64 valence electrons. The van der Waals surface area contributed by atoms with Gasteiger partial charge in [0.2, 0.25) is 5.91 Å². The lowest BCUT2D eigenvalue weighted by Crippen LogP contribution is -2.43. The summed E-state index contributed by atoms with van der Waals surface area (Å²) in [6, 6.07) is 0.0208. The zero-order valence-corrected chi connectivity index (χ0v) is 7.78. The zero-order valence-electron chi connectivity index (χ0n) is 6.96. The van der Waals surface area contributed by atoms with Gasteiger partial charge in [0.25, 0.3) is 0 Å². The van der Waals surface area contributed by atoms with Gasteiger partial charge >= 0.3 is 0 Å². The summed E-state index contributed by atoms with van der Waals surface area (Å²) in [7, 11) is 3.70. The van der Waals surface area contributed by atoms with E-state index in [2.05, 4.69) is 5.32 Å². The summed E-state index contributed by atoms with van der Waals surface area (Å²) < 4.78 is 0. The summed E-state index contributed by atoms with van der Waals surface area (Å²) in [5, 5.41) is 3.01. The Labute approximate surface area is 71.5 Å². The van der Waals surface area contributed by atoms with Crippen LogP contribution in [0, 0.1) is 0 Å². The molecule has 0 spiro atoms. The predicted octanol–water partition coefficient (Wildman–Crippen LogP) is -0.220. The van der Waals surface area contributed by atoms with Gasteiger partial charge in [0, 0.05) is 25.1 Å². The van der Waals surface area contributed by atoms with E-state index in [-0.39, 0.29) is 11.9 Å². The Hall–Kier alpha value is -0.220. The molecule has 4 heteroatoms. The van der Waals surface area contributed by atoms with Crippen LogP contribution in [-0.2, 0) is 4.79 Å². The summed E-state index contributed by atoms with van der Waals surface area (Å²) in [5.74, 6) is 2.18. The molecule has 0 aromatic carbocycles. The Bertz CT molecular complexity index is 151. The van der Waals surface area contributed by atoms with Crippen molar-refractivity contribution in [2.45, 2.75) is 6.04 Å². The average Bonchev–Trinajstić information content (AvgIpc) is 2.16. The summed E-state index contributed by atoms with van der Waals surface area (Å²) >= 11 is 1.83.